The second kappa shape index (κ2) is 13.9. The van der Waals surface area contributed by atoms with E-state index in [-0.39, 0.29) is 23.6 Å². The Hall–Kier alpha value is -2.47. The van der Waals surface area contributed by atoms with E-state index in [4.69, 9.17) is 23.2 Å². The summed E-state index contributed by atoms with van der Waals surface area (Å²) in [7, 11) is 0. The molecule has 0 heterocycles. The van der Waals surface area contributed by atoms with Crippen molar-refractivity contribution in [1.29, 1.82) is 0 Å². The molecule has 0 unspecified atom stereocenters. The highest BCUT2D eigenvalue weighted by molar-refractivity contribution is 7.99. The van der Waals surface area contributed by atoms with Gasteiger partial charge in [-0.05, 0) is 53.8 Å². The zero-order valence-corrected chi connectivity index (χ0v) is 23.1. The van der Waals surface area contributed by atoms with Crippen LogP contribution < -0.4 is 5.32 Å². The van der Waals surface area contributed by atoms with Gasteiger partial charge in [-0.3, -0.25) is 9.59 Å². The molecule has 0 radical (unpaired) electrons. The summed E-state index contributed by atoms with van der Waals surface area (Å²) < 4.78 is 0. The Labute approximate surface area is 233 Å². The highest BCUT2D eigenvalue weighted by atomic mass is 35.5. The van der Waals surface area contributed by atoms with Crippen LogP contribution in [0.1, 0.15) is 42.4 Å². The van der Waals surface area contributed by atoms with Gasteiger partial charge in [-0.15, -0.1) is 11.8 Å². The number of hydrogen-bond donors (Lipinski definition) is 1. The fourth-order valence-electron chi connectivity index (χ4n) is 4.72. The molecule has 0 aliphatic heterocycles. The Kier molecular flexibility index (Phi) is 10.4. The SMILES string of the molecule is O=C(NC1CCCC1)[C@@H](Cc1ccccc1)N(Cc1cccc(Cl)c1)C(=O)CSCc1cccc(Cl)c1. The minimum Gasteiger partial charge on any atom is -0.352 e. The molecule has 1 aliphatic rings. The zero-order valence-electron chi connectivity index (χ0n) is 20.7. The van der Waals surface area contributed by atoms with Crippen molar-refractivity contribution >= 4 is 46.8 Å². The Morgan fingerprint density at radius 2 is 1.49 bits per heavy atom. The summed E-state index contributed by atoms with van der Waals surface area (Å²) in [5, 5.41) is 4.53. The fourth-order valence-corrected chi connectivity index (χ4v) is 6.00. The molecule has 0 spiro atoms. The molecule has 1 aliphatic carbocycles. The number of nitrogens with zero attached hydrogens (tertiary/aromatic N) is 1. The van der Waals surface area contributed by atoms with E-state index in [9.17, 15) is 9.59 Å². The van der Waals surface area contributed by atoms with Gasteiger partial charge in [0.1, 0.15) is 6.04 Å². The third kappa shape index (κ3) is 8.53. The van der Waals surface area contributed by atoms with Crippen LogP contribution in [0.25, 0.3) is 0 Å². The van der Waals surface area contributed by atoms with Crippen LogP contribution >= 0.6 is 35.0 Å². The van der Waals surface area contributed by atoms with Crippen LogP contribution in [0.2, 0.25) is 10.0 Å². The number of amides is 2. The predicted molar refractivity (Wildman–Crippen MR) is 154 cm³/mol. The minimum absolute atomic E-state index is 0.0745. The highest BCUT2D eigenvalue weighted by Gasteiger charge is 2.32. The van der Waals surface area contributed by atoms with Crippen molar-refractivity contribution in [3.05, 3.63) is 106 Å². The summed E-state index contributed by atoms with van der Waals surface area (Å²) in [6.07, 6.45) is 4.67. The van der Waals surface area contributed by atoms with E-state index in [1.807, 2.05) is 78.9 Å². The number of carbonyl (C=O) groups excluding carboxylic acids is 2. The molecule has 1 atom stereocenters. The lowest BCUT2D eigenvalue weighted by Gasteiger charge is -2.32. The van der Waals surface area contributed by atoms with Gasteiger partial charge in [0.15, 0.2) is 0 Å². The molecular formula is C30H32Cl2N2O2S. The molecule has 0 bridgehead atoms. The van der Waals surface area contributed by atoms with Gasteiger partial charge in [0, 0.05) is 34.8 Å². The first-order valence-electron chi connectivity index (χ1n) is 12.7. The summed E-state index contributed by atoms with van der Waals surface area (Å²) in [5.41, 5.74) is 2.98. The number of thioether (sulfide) groups is 1. The quantitative estimate of drug-likeness (QED) is 0.279. The first-order valence-corrected chi connectivity index (χ1v) is 14.6. The Morgan fingerprint density at radius 1 is 0.865 bits per heavy atom. The lowest BCUT2D eigenvalue weighted by molar-refractivity contribution is -0.139. The van der Waals surface area contributed by atoms with Crippen LogP contribution in [0.4, 0.5) is 0 Å². The van der Waals surface area contributed by atoms with Crippen molar-refractivity contribution in [3.8, 4) is 0 Å². The topological polar surface area (TPSA) is 49.4 Å². The maximum Gasteiger partial charge on any atom is 0.243 e. The number of benzene rings is 3. The van der Waals surface area contributed by atoms with Crippen LogP contribution in [0.5, 0.6) is 0 Å². The molecule has 0 aromatic heterocycles. The van der Waals surface area contributed by atoms with Gasteiger partial charge in [-0.2, -0.15) is 0 Å². The fraction of sp³-hybridized carbons (Fsp3) is 0.333. The Bertz CT molecular complexity index is 1180. The number of nitrogens with one attached hydrogen (secondary N) is 1. The summed E-state index contributed by atoms with van der Waals surface area (Å²) >= 11 is 13.9. The number of rotatable bonds is 11. The average Bonchev–Trinajstić information content (AvgIpc) is 3.40. The molecule has 2 amide bonds. The zero-order chi connectivity index (χ0) is 26.0. The minimum atomic E-state index is -0.624. The van der Waals surface area contributed by atoms with E-state index in [0.29, 0.717) is 28.8 Å². The lowest BCUT2D eigenvalue weighted by Crippen LogP contribution is -2.52. The largest absolute Gasteiger partial charge is 0.352 e. The Balaban J connectivity index is 1.56. The van der Waals surface area contributed by atoms with Gasteiger partial charge in [0.05, 0.1) is 5.75 Å². The molecule has 7 heteroatoms. The van der Waals surface area contributed by atoms with E-state index in [0.717, 1.165) is 42.4 Å². The third-order valence-electron chi connectivity index (χ3n) is 6.60. The van der Waals surface area contributed by atoms with E-state index in [1.165, 1.54) is 11.8 Å². The molecule has 3 aromatic rings. The van der Waals surface area contributed by atoms with Crippen LogP contribution in [-0.2, 0) is 28.3 Å². The number of hydrogen-bond acceptors (Lipinski definition) is 3. The maximum absolute atomic E-state index is 13.7. The molecule has 1 N–H and O–H groups in total. The van der Waals surface area contributed by atoms with Crippen molar-refractivity contribution in [2.75, 3.05) is 5.75 Å². The van der Waals surface area contributed by atoms with Gasteiger partial charge < -0.3 is 10.2 Å². The van der Waals surface area contributed by atoms with Crippen LogP contribution in [0.3, 0.4) is 0 Å². The summed E-state index contributed by atoms with van der Waals surface area (Å²) in [5.74, 6) is 0.754. The predicted octanol–water partition coefficient (Wildman–Crippen LogP) is 6.93. The first-order chi connectivity index (χ1) is 18.0. The van der Waals surface area contributed by atoms with E-state index in [1.54, 1.807) is 4.90 Å². The summed E-state index contributed by atoms with van der Waals surface area (Å²) in [6.45, 7) is 0.312. The lowest BCUT2D eigenvalue weighted by atomic mass is 10.0. The molecule has 1 fully saturated rings. The van der Waals surface area contributed by atoms with Crippen molar-refractivity contribution in [1.82, 2.24) is 10.2 Å². The van der Waals surface area contributed by atoms with Crippen LogP contribution in [0.15, 0.2) is 78.9 Å². The maximum atomic E-state index is 13.7. The highest BCUT2D eigenvalue weighted by Crippen LogP contribution is 2.22. The molecule has 0 saturated heterocycles. The van der Waals surface area contributed by atoms with Gasteiger partial charge in [-0.25, -0.2) is 0 Å². The standard InChI is InChI=1S/C30H32Cl2N2O2S/c31-25-12-6-10-23(16-25)19-34(29(35)21-37-20-24-11-7-13-26(32)17-24)28(18-22-8-2-1-3-9-22)30(36)33-27-14-4-5-15-27/h1-3,6-13,16-17,27-28H,4-5,14-15,18-21H2,(H,33,36)/t28-/m1/s1. The van der Waals surface area contributed by atoms with Gasteiger partial charge in [0.25, 0.3) is 0 Å². The third-order valence-corrected chi connectivity index (χ3v) is 8.06. The number of halogens is 2. The summed E-state index contributed by atoms with van der Waals surface area (Å²) in [6, 6.07) is 24.6. The van der Waals surface area contributed by atoms with E-state index >= 15 is 0 Å². The molecule has 37 heavy (non-hydrogen) atoms. The Morgan fingerprint density at radius 3 is 2.16 bits per heavy atom. The van der Waals surface area contributed by atoms with Crippen molar-refractivity contribution in [2.24, 2.45) is 0 Å². The van der Waals surface area contributed by atoms with Crippen molar-refractivity contribution in [2.45, 2.75) is 56.5 Å². The molecule has 4 rings (SSSR count). The van der Waals surface area contributed by atoms with Gasteiger partial charge in [0.2, 0.25) is 11.8 Å². The summed E-state index contributed by atoms with van der Waals surface area (Å²) in [4.78, 5) is 29.1. The first kappa shape index (κ1) is 27.6. The average molecular weight is 556 g/mol. The molecule has 3 aromatic carbocycles. The van der Waals surface area contributed by atoms with Crippen molar-refractivity contribution in [3.63, 3.8) is 0 Å². The molecule has 1 saturated carbocycles. The van der Waals surface area contributed by atoms with Crippen molar-refractivity contribution < 1.29 is 9.59 Å². The van der Waals surface area contributed by atoms with Crippen LogP contribution in [0, 0.1) is 0 Å². The molecular weight excluding hydrogens is 523 g/mol. The number of carbonyl (C=O) groups is 2. The van der Waals surface area contributed by atoms with E-state index < -0.39 is 6.04 Å². The van der Waals surface area contributed by atoms with E-state index in [2.05, 4.69) is 5.32 Å². The normalized spacial score (nSPS) is 14.3. The molecule has 4 nitrogen and oxygen atoms in total. The van der Waals surface area contributed by atoms with Gasteiger partial charge in [-0.1, -0.05) is 90.6 Å². The van der Waals surface area contributed by atoms with Gasteiger partial charge >= 0.3 is 0 Å². The second-order valence-electron chi connectivity index (χ2n) is 9.47. The monoisotopic (exact) mass is 554 g/mol. The van der Waals surface area contributed by atoms with Crippen LogP contribution in [-0.4, -0.2) is 34.6 Å². The molecule has 194 valence electrons. The smallest absolute Gasteiger partial charge is 0.243 e. The second-order valence-corrected chi connectivity index (χ2v) is 11.3.